The van der Waals surface area contributed by atoms with E-state index >= 15 is 0 Å². The third-order valence-electron chi connectivity index (χ3n) is 4.49. The molecule has 1 aliphatic heterocycles. The smallest absolute Gasteiger partial charge is 0.417 e. The molecule has 0 radical (unpaired) electrons. The minimum atomic E-state index is -4.55. The van der Waals surface area contributed by atoms with Crippen LogP contribution >= 0.6 is 0 Å². The number of unbranched alkanes of at least 4 members (excludes halogenated alkanes) is 2. The number of piperazine rings is 1. The summed E-state index contributed by atoms with van der Waals surface area (Å²) >= 11 is 0. The molecule has 0 bridgehead atoms. The van der Waals surface area contributed by atoms with Crippen molar-refractivity contribution in [2.75, 3.05) is 32.7 Å². The molecular formula is C18H23F3N2O3. The van der Waals surface area contributed by atoms with Gasteiger partial charge in [0.15, 0.2) is 0 Å². The number of carboxylic acids is 1. The van der Waals surface area contributed by atoms with Gasteiger partial charge in [0.25, 0.3) is 5.91 Å². The summed E-state index contributed by atoms with van der Waals surface area (Å²) in [6, 6.07) is 4.87. The van der Waals surface area contributed by atoms with Crippen LogP contribution in [0.3, 0.4) is 0 Å². The molecular weight excluding hydrogens is 349 g/mol. The first-order chi connectivity index (χ1) is 12.3. The summed E-state index contributed by atoms with van der Waals surface area (Å²) in [5.74, 6) is -1.38. The Kier molecular flexibility index (Phi) is 7.02. The third kappa shape index (κ3) is 5.72. The van der Waals surface area contributed by atoms with Crippen molar-refractivity contribution in [2.45, 2.75) is 31.9 Å². The SMILES string of the molecule is O=C(O)CCCCCN1CCN(C(=O)c2ccccc2C(F)(F)F)CC1. The lowest BCUT2D eigenvalue weighted by Gasteiger charge is -2.35. The summed E-state index contributed by atoms with van der Waals surface area (Å²) in [6.45, 7) is 2.80. The van der Waals surface area contributed by atoms with Gasteiger partial charge in [-0.15, -0.1) is 0 Å². The van der Waals surface area contributed by atoms with E-state index < -0.39 is 23.6 Å². The fourth-order valence-corrected chi connectivity index (χ4v) is 3.05. The number of nitrogens with zero attached hydrogens (tertiary/aromatic N) is 2. The van der Waals surface area contributed by atoms with Crippen LogP contribution in [0, 0.1) is 0 Å². The molecule has 26 heavy (non-hydrogen) atoms. The summed E-state index contributed by atoms with van der Waals surface area (Å²) < 4.78 is 39.2. The largest absolute Gasteiger partial charge is 0.481 e. The molecule has 1 heterocycles. The molecule has 0 spiro atoms. The molecule has 1 amide bonds. The third-order valence-corrected chi connectivity index (χ3v) is 4.49. The van der Waals surface area contributed by atoms with E-state index in [1.165, 1.54) is 23.1 Å². The predicted molar refractivity (Wildman–Crippen MR) is 89.9 cm³/mol. The second-order valence-electron chi connectivity index (χ2n) is 6.38. The summed E-state index contributed by atoms with van der Waals surface area (Å²) in [5.41, 5.74) is -1.20. The van der Waals surface area contributed by atoms with Crippen LogP contribution in [-0.2, 0) is 11.0 Å². The number of amides is 1. The van der Waals surface area contributed by atoms with Gasteiger partial charge in [-0.05, 0) is 31.5 Å². The zero-order chi connectivity index (χ0) is 19.2. The highest BCUT2D eigenvalue weighted by Gasteiger charge is 2.36. The Morgan fingerprint density at radius 1 is 1.00 bits per heavy atom. The van der Waals surface area contributed by atoms with Crippen LogP contribution in [0.2, 0.25) is 0 Å². The molecule has 1 fully saturated rings. The second-order valence-corrected chi connectivity index (χ2v) is 6.38. The molecule has 0 atom stereocenters. The standard InChI is InChI=1S/C18H23F3N2O3/c19-18(20,21)15-7-4-3-6-14(15)17(26)23-12-10-22(11-13-23)9-5-1-2-8-16(24)25/h3-4,6-7H,1-2,5,8-13H2,(H,24,25). The summed E-state index contributed by atoms with van der Waals surface area (Å²) in [5, 5.41) is 8.59. The topological polar surface area (TPSA) is 60.9 Å². The molecule has 0 unspecified atom stereocenters. The van der Waals surface area contributed by atoms with Gasteiger partial charge in [-0.1, -0.05) is 18.6 Å². The molecule has 0 saturated carbocycles. The Labute approximate surface area is 150 Å². The van der Waals surface area contributed by atoms with Crippen molar-refractivity contribution >= 4 is 11.9 Å². The Morgan fingerprint density at radius 2 is 1.65 bits per heavy atom. The zero-order valence-electron chi connectivity index (χ0n) is 14.5. The number of hydrogen-bond donors (Lipinski definition) is 1. The average Bonchev–Trinajstić information content (AvgIpc) is 2.60. The summed E-state index contributed by atoms with van der Waals surface area (Å²) in [7, 11) is 0. The maximum absolute atomic E-state index is 13.1. The number of alkyl halides is 3. The molecule has 1 saturated heterocycles. The Hall–Kier alpha value is -2.09. The molecule has 1 aromatic carbocycles. The first-order valence-electron chi connectivity index (χ1n) is 8.68. The molecule has 5 nitrogen and oxygen atoms in total. The molecule has 1 aromatic rings. The van der Waals surface area contributed by atoms with Crippen LogP contribution < -0.4 is 0 Å². The Morgan fingerprint density at radius 3 is 2.27 bits per heavy atom. The van der Waals surface area contributed by atoms with E-state index in [9.17, 15) is 22.8 Å². The van der Waals surface area contributed by atoms with E-state index in [1.807, 2.05) is 0 Å². The number of halogens is 3. The number of rotatable bonds is 7. The highest BCUT2D eigenvalue weighted by Crippen LogP contribution is 2.32. The van der Waals surface area contributed by atoms with E-state index in [4.69, 9.17) is 5.11 Å². The van der Waals surface area contributed by atoms with Crippen LogP contribution in [0.25, 0.3) is 0 Å². The Balaban J connectivity index is 1.83. The van der Waals surface area contributed by atoms with Gasteiger partial charge in [-0.2, -0.15) is 13.2 Å². The van der Waals surface area contributed by atoms with Gasteiger partial charge in [0.05, 0.1) is 11.1 Å². The molecule has 1 N–H and O–H groups in total. The number of benzene rings is 1. The highest BCUT2D eigenvalue weighted by molar-refractivity contribution is 5.96. The maximum atomic E-state index is 13.1. The van der Waals surface area contributed by atoms with Crippen LogP contribution in [0.15, 0.2) is 24.3 Å². The highest BCUT2D eigenvalue weighted by atomic mass is 19.4. The second kappa shape index (κ2) is 9.02. The predicted octanol–water partition coefficient (Wildman–Crippen LogP) is 3.11. The van der Waals surface area contributed by atoms with Crippen molar-refractivity contribution < 1.29 is 27.9 Å². The van der Waals surface area contributed by atoms with Crippen molar-refractivity contribution in [3.05, 3.63) is 35.4 Å². The van der Waals surface area contributed by atoms with E-state index in [2.05, 4.69) is 4.90 Å². The monoisotopic (exact) mass is 372 g/mol. The van der Waals surface area contributed by atoms with Crippen molar-refractivity contribution in [1.29, 1.82) is 0 Å². The first-order valence-corrected chi connectivity index (χ1v) is 8.68. The molecule has 8 heteroatoms. The fraction of sp³-hybridized carbons (Fsp3) is 0.556. The van der Waals surface area contributed by atoms with E-state index in [0.717, 1.165) is 25.5 Å². The number of carbonyl (C=O) groups is 2. The van der Waals surface area contributed by atoms with Gasteiger partial charge in [-0.3, -0.25) is 14.5 Å². The lowest BCUT2D eigenvalue weighted by Crippen LogP contribution is -2.49. The zero-order valence-corrected chi connectivity index (χ0v) is 14.5. The van der Waals surface area contributed by atoms with Gasteiger partial charge in [0.2, 0.25) is 0 Å². The van der Waals surface area contributed by atoms with Gasteiger partial charge in [0, 0.05) is 32.6 Å². The minimum Gasteiger partial charge on any atom is -0.481 e. The molecule has 0 aliphatic carbocycles. The lowest BCUT2D eigenvalue weighted by atomic mass is 10.1. The summed E-state index contributed by atoms with van der Waals surface area (Å²) in [6.07, 6.45) is -2.05. The fourth-order valence-electron chi connectivity index (χ4n) is 3.05. The van der Waals surface area contributed by atoms with E-state index in [1.54, 1.807) is 0 Å². The normalized spacial score (nSPS) is 15.9. The number of carbonyl (C=O) groups excluding carboxylic acids is 1. The number of hydrogen-bond acceptors (Lipinski definition) is 3. The van der Waals surface area contributed by atoms with Crippen LogP contribution in [-0.4, -0.2) is 59.5 Å². The maximum Gasteiger partial charge on any atom is 0.417 e. The minimum absolute atomic E-state index is 0.168. The van der Waals surface area contributed by atoms with Gasteiger partial charge < -0.3 is 10.0 Å². The quantitative estimate of drug-likeness (QED) is 0.747. The van der Waals surface area contributed by atoms with Crippen molar-refractivity contribution in [1.82, 2.24) is 9.80 Å². The Bertz CT molecular complexity index is 626. The first kappa shape index (κ1) is 20.2. The number of aliphatic carboxylic acids is 1. The van der Waals surface area contributed by atoms with Gasteiger partial charge in [-0.25, -0.2) is 0 Å². The molecule has 1 aliphatic rings. The van der Waals surface area contributed by atoms with Crippen LogP contribution in [0.1, 0.15) is 41.6 Å². The average molecular weight is 372 g/mol. The van der Waals surface area contributed by atoms with Crippen molar-refractivity contribution in [3.8, 4) is 0 Å². The van der Waals surface area contributed by atoms with E-state index in [0.29, 0.717) is 32.6 Å². The molecule has 2 rings (SSSR count). The van der Waals surface area contributed by atoms with Gasteiger partial charge in [0.1, 0.15) is 0 Å². The van der Waals surface area contributed by atoms with Gasteiger partial charge >= 0.3 is 12.1 Å². The molecule has 144 valence electrons. The lowest BCUT2D eigenvalue weighted by molar-refractivity contribution is -0.138. The van der Waals surface area contributed by atoms with Crippen LogP contribution in [0.5, 0.6) is 0 Å². The summed E-state index contributed by atoms with van der Waals surface area (Å²) in [4.78, 5) is 26.6. The van der Waals surface area contributed by atoms with E-state index in [-0.39, 0.29) is 12.0 Å². The number of carboxylic acid groups (broad SMARTS) is 1. The molecule has 0 aromatic heterocycles. The van der Waals surface area contributed by atoms with Crippen LogP contribution in [0.4, 0.5) is 13.2 Å². The van der Waals surface area contributed by atoms with Crippen molar-refractivity contribution in [3.63, 3.8) is 0 Å². The van der Waals surface area contributed by atoms with Crippen molar-refractivity contribution in [2.24, 2.45) is 0 Å².